The molecular weight excluding hydrogens is 288 g/mol. The quantitative estimate of drug-likeness (QED) is 0.859. The van der Waals surface area contributed by atoms with Gasteiger partial charge in [-0.25, -0.2) is 0 Å². The third-order valence-electron chi connectivity index (χ3n) is 4.25. The molecule has 21 heavy (non-hydrogen) atoms. The highest BCUT2D eigenvalue weighted by Crippen LogP contribution is 2.19. The molecule has 0 aliphatic carbocycles. The van der Waals surface area contributed by atoms with E-state index in [-0.39, 0.29) is 5.91 Å². The summed E-state index contributed by atoms with van der Waals surface area (Å²) in [4.78, 5) is 16.8. The van der Waals surface area contributed by atoms with E-state index in [4.69, 9.17) is 16.3 Å². The van der Waals surface area contributed by atoms with Crippen LogP contribution in [0.1, 0.15) is 23.2 Å². The van der Waals surface area contributed by atoms with Crippen molar-refractivity contribution in [2.24, 2.45) is 0 Å². The van der Waals surface area contributed by atoms with Crippen molar-refractivity contribution in [2.75, 3.05) is 39.3 Å². The van der Waals surface area contributed by atoms with Crippen LogP contribution < -0.4 is 0 Å². The van der Waals surface area contributed by atoms with Gasteiger partial charge in [0, 0.05) is 39.3 Å². The van der Waals surface area contributed by atoms with E-state index in [0.717, 1.165) is 39.3 Å². The molecule has 1 aromatic carbocycles. The Labute approximate surface area is 130 Å². The van der Waals surface area contributed by atoms with Gasteiger partial charge in [-0.1, -0.05) is 23.7 Å². The van der Waals surface area contributed by atoms with E-state index in [2.05, 4.69) is 4.90 Å². The zero-order valence-electron chi connectivity index (χ0n) is 12.1. The van der Waals surface area contributed by atoms with E-state index >= 15 is 0 Å². The van der Waals surface area contributed by atoms with Crippen LogP contribution in [0, 0.1) is 0 Å². The Hall–Kier alpha value is -1.10. The van der Waals surface area contributed by atoms with Crippen molar-refractivity contribution in [2.45, 2.75) is 18.9 Å². The molecule has 1 atom stereocenters. The molecule has 0 radical (unpaired) electrons. The number of nitrogens with zero attached hydrogens (tertiary/aromatic N) is 2. The number of amides is 1. The summed E-state index contributed by atoms with van der Waals surface area (Å²) >= 11 is 6.11. The van der Waals surface area contributed by atoms with E-state index in [9.17, 15) is 4.79 Å². The Kier molecular flexibility index (Phi) is 4.78. The predicted molar refractivity (Wildman–Crippen MR) is 82.8 cm³/mol. The summed E-state index contributed by atoms with van der Waals surface area (Å²) in [5, 5.41) is 0.532. The summed E-state index contributed by atoms with van der Waals surface area (Å²) in [6.07, 6.45) is 2.73. The van der Waals surface area contributed by atoms with Crippen LogP contribution in [-0.4, -0.2) is 61.1 Å². The molecule has 2 heterocycles. The molecule has 2 aliphatic heterocycles. The molecule has 5 heteroatoms. The summed E-state index contributed by atoms with van der Waals surface area (Å²) in [7, 11) is 0. The number of piperazine rings is 1. The van der Waals surface area contributed by atoms with Gasteiger partial charge in [0.2, 0.25) is 0 Å². The third kappa shape index (κ3) is 3.57. The summed E-state index contributed by atoms with van der Waals surface area (Å²) in [6.45, 7) is 5.24. The number of hydrogen-bond donors (Lipinski definition) is 0. The molecule has 4 nitrogen and oxygen atoms in total. The Bertz CT molecular complexity index is 495. The molecule has 1 unspecified atom stereocenters. The van der Waals surface area contributed by atoms with Crippen molar-refractivity contribution in [3.8, 4) is 0 Å². The van der Waals surface area contributed by atoms with Gasteiger partial charge in [-0.2, -0.15) is 0 Å². The number of carbonyl (C=O) groups is 1. The van der Waals surface area contributed by atoms with Crippen LogP contribution in [0.3, 0.4) is 0 Å². The maximum absolute atomic E-state index is 12.5. The first-order valence-electron chi connectivity index (χ1n) is 7.62. The Morgan fingerprint density at radius 3 is 2.67 bits per heavy atom. The van der Waals surface area contributed by atoms with Crippen molar-refractivity contribution < 1.29 is 9.53 Å². The number of benzene rings is 1. The molecule has 0 spiro atoms. The monoisotopic (exact) mass is 308 g/mol. The summed E-state index contributed by atoms with van der Waals surface area (Å²) in [6, 6.07) is 7.26. The maximum atomic E-state index is 12.5. The molecule has 2 aliphatic rings. The summed E-state index contributed by atoms with van der Waals surface area (Å²) < 4.78 is 5.68. The molecule has 114 valence electrons. The molecular formula is C16H21ClN2O2. The fourth-order valence-electron chi connectivity index (χ4n) is 3.01. The van der Waals surface area contributed by atoms with Crippen molar-refractivity contribution in [3.63, 3.8) is 0 Å². The lowest BCUT2D eigenvalue weighted by atomic mass is 10.1. The zero-order chi connectivity index (χ0) is 14.7. The van der Waals surface area contributed by atoms with E-state index in [0.29, 0.717) is 16.7 Å². The lowest BCUT2D eigenvalue weighted by Gasteiger charge is -2.35. The van der Waals surface area contributed by atoms with Crippen LogP contribution in [0.4, 0.5) is 0 Å². The number of halogens is 1. The van der Waals surface area contributed by atoms with Crippen molar-refractivity contribution in [1.82, 2.24) is 9.80 Å². The third-order valence-corrected chi connectivity index (χ3v) is 4.58. The van der Waals surface area contributed by atoms with Crippen LogP contribution in [0.25, 0.3) is 0 Å². The SMILES string of the molecule is O=C(c1ccccc1Cl)N1CCN(CC2CCCO2)CC1. The van der Waals surface area contributed by atoms with Gasteiger partial charge in [0.15, 0.2) is 0 Å². The normalized spacial score (nSPS) is 23.5. The molecule has 2 fully saturated rings. The van der Waals surface area contributed by atoms with Crippen molar-refractivity contribution in [1.29, 1.82) is 0 Å². The zero-order valence-corrected chi connectivity index (χ0v) is 12.9. The Balaban J connectivity index is 1.53. The van der Waals surface area contributed by atoms with Crippen LogP contribution in [-0.2, 0) is 4.74 Å². The predicted octanol–water partition coefficient (Wildman–Crippen LogP) is 2.28. The van der Waals surface area contributed by atoms with Gasteiger partial charge in [-0.15, -0.1) is 0 Å². The minimum Gasteiger partial charge on any atom is -0.377 e. The second-order valence-electron chi connectivity index (χ2n) is 5.71. The molecule has 3 rings (SSSR count). The molecule has 0 bridgehead atoms. The van der Waals surface area contributed by atoms with Gasteiger partial charge in [-0.05, 0) is 25.0 Å². The minimum absolute atomic E-state index is 0.0392. The van der Waals surface area contributed by atoms with Gasteiger partial charge >= 0.3 is 0 Å². The van der Waals surface area contributed by atoms with Crippen LogP contribution in [0.2, 0.25) is 5.02 Å². The number of ether oxygens (including phenoxy) is 1. The largest absolute Gasteiger partial charge is 0.377 e. The van der Waals surface area contributed by atoms with E-state index in [1.807, 2.05) is 17.0 Å². The topological polar surface area (TPSA) is 32.8 Å². The first-order chi connectivity index (χ1) is 10.2. The average molecular weight is 309 g/mol. The highest BCUT2D eigenvalue weighted by atomic mass is 35.5. The maximum Gasteiger partial charge on any atom is 0.255 e. The fraction of sp³-hybridized carbons (Fsp3) is 0.562. The lowest BCUT2D eigenvalue weighted by molar-refractivity contribution is 0.0433. The number of rotatable bonds is 3. The Morgan fingerprint density at radius 2 is 2.00 bits per heavy atom. The summed E-state index contributed by atoms with van der Waals surface area (Å²) in [5.74, 6) is 0.0392. The lowest BCUT2D eigenvalue weighted by Crippen LogP contribution is -2.50. The minimum atomic E-state index is 0.0392. The first kappa shape index (κ1) is 14.8. The molecule has 0 saturated carbocycles. The standard InChI is InChI=1S/C16H21ClN2O2/c17-15-6-2-1-5-14(15)16(20)19-9-7-18(8-10-19)12-13-4-3-11-21-13/h1-2,5-6,13H,3-4,7-12H2. The molecule has 1 aromatic rings. The molecule has 1 amide bonds. The van der Waals surface area contributed by atoms with Crippen molar-refractivity contribution in [3.05, 3.63) is 34.9 Å². The van der Waals surface area contributed by atoms with Gasteiger partial charge in [0.1, 0.15) is 0 Å². The fourth-order valence-corrected chi connectivity index (χ4v) is 3.23. The van der Waals surface area contributed by atoms with E-state index in [1.165, 1.54) is 12.8 Å². The molecule has 0 aromatic heterocycles. The Morgan fingerprint density at radius 1 is 1.24 bits per heavy atom. The first-order valence-corrected chi connectivity index (χ1v) is 7.99. The van der Waals surface area contributed by atoms with Crippen molar-refractivity contribution >= 4 is 17.5 Å². The van der Waals surface area contributed by atoms with Gasteiger partial charge < -0.3 is 9.64 Å². The van der Waals surface area contributed by atoms with Crippen LogP contribution in [0.15, 0.2) is 24.3 Å². The van der Waals surface area contributed by atoms with E-state index < -0.39 is 0 Å². The molecule has 0 N–H and O–H groups in total. The van der Waals surface area contributed by atoms with Gasteiger partial charge in [0.25, 0.3) is 5.91 Å². The van der Waals surface area contributed by atoms with Crippen LogP contribution in [0.5, 0.6) is 0 Å². The smallest absolute Gasteiger partial charge is 0.255 e. The highest BCUT2D eigenvalue weighted by Gasteiger charge is 2.26. The average Bonchev–Trinajstić information content (AvgIpc) is 3.01. The second kappa shape index (κ2) is 6.77. The number of hydrogen-bond acceptors (Lipinski definition) is 3. The second-order valence-corrected chi connectivity index (χ2v) is 6.11. The van der Waals surface area contributed by atoms with Crippen LogP contribution >= 0.6 is 11.6 Å². The van der Waals surface area contributed by atoms with Gasteiger partial charge in [0.05, 0.1) is 16.7 Å². The highest BCUT2D eigenvalue weighted by molar-refractivity contribution is 6.33. The van der Waals surface area contributed by atoms with E-state index in [1.54, 1.807) is 12.1 Å². The van der Waals surface area contributed by atoms with Gasteiger partial charge in [-0.3, -0.25) is 9.69 Å². The number of carbonyl (C=O) groups excluding carboxylic acids is 1. The summed E-state index contributed by atoms with van der Waals surface area (Å²) in [5.41, 5.74) is 0.603. The molecule has 2 saturated heterocycles.